The number of anilines is 6. The van der Waals surface area contributed by atoms with Crippen LogP contribution in [0.15, 0.2) is 182 Å². The van der Waals surface area contributed by atoms with E-state index < -0.39 is 0 Å². The molecule has 0 aromatic heterocycles. The molecule has 0 unspecified atom stereocenters. The predicted molar refractivity (Wildman–Crippen MR) is 188 cm³/mol. The van der Waals surface area contributed by atoms with Gasteiger partial charge in [0.2, 0.25) is 0 Å². The van der Waals surface area contributed by atoms with Gasteiger partial charge in [-0.3, -0.25) is 0 Å². The minimum absolute atomic E-state index is 1.12. The summed E-state index contributed by atoms with van der Waals surface area (Å²) in [5, 5.41) is 7.19. The van der Waals surface area contributed by atoms with Gasteiger partial charge in [0.1, 0.15) is 0 Å². The first-order valence-electron chi connectivity index (χ1n) is 15.0. The van der Waals surface area contributed by atoms with Gasteiger partial charge in [0.25, 0.3) is 0 Å². The molecule has 0 atom stereocenters. The lowest BCUT2D eigenvalue weighted by atomic mass is 9.95. The van der Waals surface area contributed by atoms with E-state index in [4.69, 9.17) is 0 Å². The van der Waals surface area contributed by atoms with Crippen molar-refractivity contribution in [3.8, 4) is 0 Å². The highest BCUT2D eigenvalue weighted by Crippen LogP contribution is 2.51. The molecule has 0 spiro atoms. The normalized spacial score (nSPS) is 11.2. The molecule has 0 bridgehead atoms. The number of fused-ring (bicyclic) bond motifs is 3. The summed E-state index contributed by atoms with van der Waals surface area (Å²) in [4.78, 5) is 4.85. The van der Waals surface area contributed by atoms with Gasteiger partial charge in [-0.2, -0.15) is 0 Å². The summed E-state index contributed by atoms with van der Waals surface area (Å²) in [5.74, 6) is 0. The molecule has 0 aliphatic heterocycles. The second-order valence-corrected chi connectivity index (χ2v) is 11.0. The fraction of sp³-hybridized carbons (Fsp3) is 0. The lowest BCUT2D eigenvalue weighted by Gasteiger charge is -2.33. The first kappa shape index (κ1) is 25.8. The number of rotatable bonds is 6. The standard InChI is InChI=1S/C42H30N2/c1-4-19-32(20-5-1)43(33-21-6-2-7-22-33)41-36-26-12-14-28-38(36)42(39-29-15-13-27-37(39)41)44(34-23-8-3-9-24-34)40-30-16-18-31-17-10-11-25-35(31)40/h1-30H. The minimum atomic E-state index is 1.12. The fourth-order valence-electron chi connectivity index (χ4n) is 6.49. The minimum Gasteiger partial charge on any atom is -0.309 e. The second-order valence-electron chi connectivity index (χ2n) is 11.0. The third kappa shape index (κ3) is 4.36. The van der Waals surface area contributed by atoms with E-state index in [1.807, 2.05) is 0 Å². The summed E-state index contributed by atoms with van der Waals surface area (Å²) in [6.45, 7) is 0. The van der Waals surface area contributed by atoms with E-state index in [2.05, 4.69) is 192 Å². The maximum Gasteiger partial charge on any atom is 0.0620 e. The monoisotopic (exact) mass is 562 g/mol. The molecule has 0 aliphatic carbocycles. The molecule has 2 heteroatoms. The maximum atomic E-state index is 2.45. The number of para-hydroxylation sites is 3. The Balaban J connectivity index is 1.52. The van der Waals surface area contributed by atoms with Gasteiger partial charge in [0.15, 0.2) is 0 Å². The van der Waals surface area contributed by atoms with Gasteiger partial charge in [0, 0.05) is 44.0 Å². The van der Waals surface area contributed by atoms with Crippen molar-refractivity contribution < 1.29 is 0 Å². The molecule has 0 saturated carbocycles. The molecule has 0 fully saturated rings. The van der Waals surface area contributed by atoms with Crippen molar-refractivity contribution in [1.82, 2.24) is 0 Å². The van der Waals surface area contributed by atoms with E-state index in [1.165, 1.54) is 43.7 Å². The quantitative estimate of drug-likeness (QED) is 0.147. The summed E-state index contributed by atoms with van der Waals surface area (Å²) in [7, 11) is 0. The van der Waals surface area contributed by atoms with Crippen LogP contribution in [0.4, 0.5) is 34.1 Å². The van der Waals surface area contributed by atoms with Crippen LogP contribution < -0.4 is 9.80 Å². The number of nitrogens with zero attached hydrogens (tertiary/aromatic N) is 2. The van der Waals surface area contributed by atoms with E-state index in [9.17, 15) is 0 Å². The molecule has 0 saturated heterocycles. The van der Waals surface area contributed by atoms with Crippen LogP contribution in [-0.2, 0) is 0 Å². The first-order valence-corrected chi connectivity index (χ1v) is 15.0. The molecule has 0 amide bonds. The lowest BCUT2D eigenvalue weighted by Crippen LogP contribution is -2.14. The summed E-state index contributed by atoms with van der Waals surface area (Å²) >= 11 is 0. The van der Waals surface area contributed by atoms with Gasteiger partial charge in [-0.15, -0.1) is 0 Å². The zero-order valence-corrected chi connectivity index (χ0v) is 24.2. The summed E-state index contributed by atoms with van der Waals surface area (Å²) in [6.07, 6.45) is 0. The van der Waals surface area contributed by atoms with Gasteiger partial charge in [-0.1, -0.05) is 140 Å². The van der Waals surface area contributed by atoms with E-state index in [0.29, 0.717) is 0 Å². The second kappa shape index (κ2) is 11.1. The molecular formula is C42H30N2. The Kier molecular flexibility index (Phi) is 6.51. The zero-order chi connectivity index (χ0) is 29.3. The van der Waals surface area contributed by atoms with Gasteiger partial charge >= 0.3 is 0 Å². The van der Waals surface area contributed by atoms with Crippen molar-refractivity contribution in [2.24, 2.45) is 0 Å². The van der Waals surface area contributed by atoms with Gasteiger partial charge < -0.3 is 9.80 Å². The summed E-state index contributed by atoms with van der Waals surface area (Å²) in [5.41, 5.74) is 6.86. The Hall–Kier alpha value is -5.86. The molecule has 0 heterocycles. The smallest absolute Gasteiger partial charge is 0.0620 e. The highest BCUT2D eigenvalue weighted by Gasteiger charge is 2.25. The molecule has 0 radical (unpaired) electrons. The highest BCUT2D eigenvalue weighted by atomic mass is 15.2. The Labute approximate surface area is 257 Å². The molecule has 8 rings (SSSR count). The molecule has 208 valence electrons. The van der Waals surface area contributed by atoms with Crippen LogP contribution >= 0.6 is 0 Å². The van der Waals surface area contributed by atoms with Crippen LogP contribution in [0.25, 0.3) is 32.3 Å². The van der Waals surface area contributed by atoms with E-state index in [1.54, 1.807) is 0 Å². The average molecular weight is 563 g/mol. The third-order valence-corrected chi connectivity index (χ3v) is 8.37. The van der Waals surface area contributed by atoms with Gasteiger partial charge in [-0.25, -0.2) is 0 Å². The first-order chi connectivity index (χ1) is 21.9. The highest BCUT2D eigenvalue weighted by molar-refractivity contribution is 6.24. The van der Waals surface area contributed by atoms with Crippen LogP contribution in [0, 0.1) is 0 Å². The SMILES string of the molecule is c1ccc(N(c2ccccc2)c2c3ccccc3c(N(c3ccccc3)c3cccc4ccccc34)c3ccccc23)cc1. The topological polar surface area (TPSA) is 6.48 Å². The Morgan fingerprint density at radius 1 is 0.250 bits per heavy atom. The van der Waals surface area contributed by atoms with E-state index in [0.717, 1.165) is 22.7 Å². The third-order valence-electron chi connectivity index (χ3n) is 8.37. The number of hydrogen-bond donors (Lipinski definition) is 0. The van der Waals surface area contributed by atoms with Crippen LogP contribution in [0.5, 0.6) is 0 Å². The molecule has 0 N–H and O–H groups in total. The van der Waals surface area contributed by atoms with E-state index >= 15 is 0 Å². The molecule has 2 nitrogen and oxygen atoms in total. The molecule has 8 aromatic rings. The van der Waals surface area contributed by atoms with Gasteiger partial charge in [-0.05, 0) is 47.9 Å². The van der Waals surface area contributed by atoms with Crippen molar-refractivity contribution in [3.05, 3.63) is 182 Å². The Morgan fingerprint density at radius 2 is 0.591 bits per heavy atom. The molecule has 0 aliphatic rings. The van der Waals surface area contributed by atoms with Crippen LogP contribution in [0.1, 0.15) is 0 Å². The lowest BCUT2D eigenvalue weighted by molar-refractivity contribution is 1.30. The van der Waals surface area contributed by atoms with Crippen molar-refractivity contribution in [2.45, 2.75) is 0 Å². The van der Waals surface area contributed by atoms with E-state index in [-0.39, 0.29) is 0 Å². The molecular weight excluding hydrogens is 532 g/mol. The zero-order valence-electron chi connectivity index (χ0n) is 24.2. The van der Waals surface area contributed by atoms with Crippen molar-refractivity contribution >= 4 is 66.4 Å². The maximum absolute atomic E-state index is 2.45. The average Bonchev–Trinajstić information content (AvgIpc) is 3.11. The number of hydrogen-bond acceptors (Lipinski definition) is 2. The Bertz CT molecular complexity index is 2120. The largest absolute Gasteiger partial charge is 0.309 e. The molecule has 44 heavy (non-hydrogen) atoms. The van der Waals surface area contributed by atoms with Crippen LogP contribution in [-0.4, -0.2) is 0 Å². The Morgan fingerprint density at radius 3 is 1.07 bits per heavy atom. The van der Waals surface area contributed by atoms with Crippen molar-refractivity contribution in [1.29, 1.82) is 0 Å². The molecule has 8 aromatic carbocycles. The predicted octanol–water partition coefficient (Wildman–Crippen LogP) is 12.1. The number of benzene rings is 8. The fourth-order valence-corrected chi connectivity index (χ4v) is 6.49. The van der Waals surface area contributed by atoms with Crippen LogP contribution in [0.3, 0.4) is 0 Å². The van der Waals surface area contributed by atoms with Crippen molar-refractivity contribution in [2.75, 3.05) is 9.80 Å². The summed E-state index contributed by atoms with van der Waals surface area (Å²) in [6, 6.07) is 65.1. The van der Waals surface area contributed by atoms with Gasteiger partial charge in [0.05, 0.1) is 17.1 Å². The van der Waals surface area contributed by atoms with Crippen molar-refractivity contribution in [3.63, 3.8) is 0 Å². The summed E-state index contributed by atoms with van der Waals surface area (Å²) < 4.78 is 0. The van der Waals surface area contributed by atoms with Crippen LogP contribution in [0.2, 0.25) is 0 Å².